The molecule has 1 N–H and O–H groups in total. The van der Waals surface area contributed by atoms with E-state index in [2.05, 4.69) is 31.2 Å². The van der Waals surface area contributed by atoms with Crippen molar-refractivity contribution in [2.24, 2.45) is 0 Å². The first-order valence-corrected chi connectivity index (χ1v) is 12.8. The Morgan fingerprint density at radius 1 is 1.09 bits per heavy atom. The predicted molar refractivity (Wildman–Crippen MR) is 125 cm³/mol. The Morgan fingerprint density at radius 3 is 2.43 bits per heavy atom. The molecule has 35 heavy (non-hydrogen) atoms. The summed E-state index contributed by atoms with van der Waals surface area (Å²) in [6, 6.07) is 11.5. The van der Waals surface area contributed by atoms with Crippen LogP contribution in [0.5, 0.6) is 0 Å². The number of benzene rings is 2. The average Bonchev–Trinajstić information content (AvgIpc) is 3.34. The van der Waals surface area contributed by atoms with E-state index in [1.807, 2.05) is 0 Å². The number of hydrogen-bond donors (Lipinski definition) is 1. The highest BCUT2D eigenvalue weighted by molar-refractivity contribution is 9.10. The van der Waals surface area contributed by atoms with Crippen LogP contribution in [0.15, 0.2) is 70.3 Å². The van der Waals surface area contributed by atoms with Crippen molar-refractivity contribution < 1.29 is 26.4 Å². The van der Waals surface area contributed by atoms with Crippen molar-refractivity contribution in [2.75, 3.05) is 6.54 Å². The largest absolute Gasteiger partial charge is 0.416 e. The van der Waals surface area contributed by atoms with Crippen molar-refractivity contribution in [3.05, 3.63) is 76.7 Å². The Bertz CT molecular complexity index is 1320. The van der Waals surface area contributed by atoms with Gasteiger partial charge in [-0.25, -0.2) is 18.4 Å². The summed E-state index contributed by atoms with van der Waals surface area (Å²) in [7, 11) is -3.84. The molecule has 1 saturated heterocycles. The summed E-state index contributed by atoms with van der Waals surface area (Å²) in [4.78, 5) is 21.2. The van der Waals surface area contributed by atoms with E-state index in [9.17, 15) is 26.4 Å². The van der Waals surface area contributed by atoms with Crippen molar-refractivity contribution in [1.29, 1.82) is 0 Å². The maximum absolute atomic E-state index is 13.1. The van der Waals surface area contributed by atoms with Crippen LogP contribution in [0.25, 0.3) is 11.3 Å². The Hall–Kier alpha value is -2.83. The highest BCUT2D eigenvalue weighted by Crippen LogP contribution is 2.31. The molecule has 1 fully saturated rings. The van der Waals surface area contributed by atoms with Crippen LogP contribution < -0.4 is 5.32 Å². The van der Waals surface area contributed by atoms with Gasteiger partial charge in [0.15, 0.2) is 0 Å². The number of carbonyl (C=O) groups is 1. The minimum absolute atomic E-state index is 0.0116. The van der Waals surface area contributed by atoms with Gasteiger partial charge in [-0.2, -0.15) is 17.5 Å². The molecule has 1 aliphatic heterocycles. The lowest BCUT2D eigenvalue weighted by molar-refractivity contribution is -0.137. The number of rotatable bonds is 6. The summed E-state index contributed by atoms with van der Waals surface area (Å²) < 4.78 is 66.5. The number of hydrogen-bond acceptors (Lipinski definition) is 5. The van der Waals surface area contributed by atoms with E-state index in [1.165, 1.54) is 34.9 Å². The molecule has 1 aromatic heterocycles. The summed E-state index contributed by atoms with van der Waals surface area (Å²) >= 11 is 3.28. The molecule has 7 nitrogen and oxygen atoms in total. The molecule has 4 rings (SSSR count). The lowest BCUT2D eigenvalue weighted by Crippen LogP contribution is -2.45. The number of carbonyl (C=O) groups excluding carboxylic acids is 1. The molecule has 3 aromatic rings. The zero-order chi connectivity index (χ0) is 25.2. The van der Waals surface area contributed by atoms with Crippen molar-refractivity contribution in [2.45, 2.75) is 36.5 Å². The van der Waals surface area contributed by atoms with Crippen molar-refractivity contribution in [3.8, 4) is 11.3 Å². The number of alkyl halides is 3. The molecule has 0 aliphatic carbocycles. The van der Waals surface area contributed by atoms with Crippen LogP contribution >= 0.6 is 15.9 Å². The van der Waals surface area contributed by atoms with Gasteiger partial charge >= 0.3 is 6.18 Å². The third-order valence-corrected chi connectivity index (χ3v) is 8.05. The average molecular weight is 569 g/mol. The van der Waals surface area contributed by atoms with Crippen LogP contribution in [0.1, 0.15) is 24.1 Å². The minimum atomic E-state index is -4.43. The van der Waals surface area contributed by atoms with Crippen molar-refractivity contribution in [3.63, 3.8) is 0 Å². The number of nitrogens with one attached hydrogen (secondary N) is 1. The monoisotopic (exact) mass is 568 g/mol. The molecule has 1 unspecified atom stereocenters. The van der Waals surface area contributed by atoms with Gasteiger partial charge in [-0.15, -0.1) is 0 Å². The van der Waals surface area contributed by atoms with E-state index in [1.54, 1.807) is 18.2 Å². The number of nitrogens with zero attached hydrogens (tertiary/aromatic N) is 3. The molecule has 0 saturated carbocycles. The van der Waals surface area contributed by atoms with Gasteiger partial charge in [0.25, 0.3) is 0 Å². The van der Waals surface area contributed by atoms with Gasteiger partial charge in [0.05, 0.1) is 28.4 Å². The summed E-state index contributed by atoms with van der Waals surface area (Å²) in [5.41, 5.74) is 0.541. The fourth-order valence-corrected chi connectivity index (χ4v) is 5.73. The second kappa shape index (κ2) is 10.0. The van der Waals surface area contributed by atoms with Gasteiger partial charge in [-0.3, -0.25) is 4.79 Å². The molecule has 1 atom stereocenters. The molecular weight excluding hydrogens is 549 g/mol. The number of halogens is 4. The molecule has 1 aliphatic rings. The smallest absolute Gasteiger partial charge is 0.349 e. The van der Waals surface area contributed by atoms with Crippen LogP contribution in [-0.4, -0.2) is 41.2 Å². The van der Waals surface area contributed by atoms with Gasteiger partial charge in [-0.1, -0.05) is 28.1 Å². The van der Waals surface area contributed by atoms with E-state index in [0.29, 0.717) is 29.8 Å². The SMILES string of the molecule is O=C(NCc1cc(-c2ccc(C(F)(F)F)cc2)ncn1)C1CCCN1S(=O)(=O)c1ccc(Br)cc1. The van der Waals surface area contributed by atoms with Gasteiger partial charge < -0.3 is 5.32 Å². The van der Waals surface area contributed by atoms with E-state index in [4.69, 9.17) is 0 Å². The number of sulfonamides is 1. The molecule has 2 heterocycles. The van der Waals surface area contributed by atoms with Gasteiger partial charge in [-0.05, 0) is 55.3 Å². The second-order valence-corrected chi connectivity index (χ2v) is 10.7. The summed E-state index contributed by atoms with van der Waals surface area (Å²) in [6.07, 6.45) is -2.23. The molecule has 0 spiro atoms. The topological polar surface area (TPSA) is 92.3 Å². The van der Waals surface area contributed by atoms with E-state index < -0.39 is 33.7 Å². The van der Waals surface area contributed by atoms with Crippen LogP contribution in [0.4, 0.5) is 13.2 Å². The van der Waals surface area contributed by atoms with E-state index >= 15 is 0 Å². The first kappa shape index (κ1) is 25.3. The Balaban J connectivity index is 1.44. The zero-order valence-electron chi connectivity index (χ0n) is 18.2. The Kier molecular flexibility index (Phi) is 7.25. The highest BCUT2D eigenvalue weighted by atomic mass is 79.9. The van der Waals surface area contributed by atoms with Gasteiger partial charge in [0, 0.05) is 16.6 Å². The molecule has 1 amide bonds. The van der Waals surface area contributed by atoms with Crippen LogP contribution in [-0.2, 0) is 27.5 Å². The quantitative estimate of drug-likeness (QED) is 0.476. The van der Waals surface area contributed by atoms with Crippen molar-refractivity contribution >= 4 is 31.9 Å². The third kappa shape index (κ3) is 5.71. The molecule has 0 bridgehead atoms. The standard InChI is InChI=1S/C23H20BrF3N4O3S/c24-17-7-9-19(10-8-17)35(33,34)31-11-1-2-21(31)22(32)28-13-18-12-20(30-14-29-18)15-3-5-16(6-4-15)23(25,26)27/h3-10,12,14,21H,1-2,11,13H2,(H,28,32). The molecule has 12 heteroatoms. The minimum Gasteiger partial charge on any atom is -0.349 e. The number of amides is 1. The zero-order valence-corrected chi connectivity index (χ0v) is 20.6. The van der Waals surface area contributed by atoms with Crippen LogP contribution in [0.2, 0.25) is 0 Å². The molecule has 2 aromatic carbocycles. The summed E-state index contributed by atoms with van der Waals surface area (Å²) in [5, 5.41) is 2.72. The third-order valence-electron chi connectivity index (χ3n) is 5.60. The predicted octanol–water partition coefficient (Wildman–Crippen LogP) is 4.39. The highest BCUT2D eigenvalue weighted by Gasteiger charge is 2.39. The molecular formula is C23H20BrF3N4O3S. The molecule has 0 radical (unpaired) electrons. The Morgan fingerprint density at radius 2 is 1.77 bits per heavy atom. The Labute approximate surface area is 208 Å². The van der Waals surface area contributed by atoms with E-state index in [0.717, 1.165) is 16.6 Å². The molecule has 184 valence electrons. The fourth-order valence-electron chi connectivity index (χ4n) is 3.81. The van der Waals surface area contributed by atoms with Gasteiger partial charge in [0.2, 0.25) is 15.9 Å². The first-order chi connectivity index (χ1) is 16.6. The fraction of sp³-hybridized carbons (Fsp3) is 0.261. The lowest BCUT2D eigenvalue weighted by atomic mass is 10.1. The van der Waals surface area contributed by atoms with Crippen LogP contribution in [0, 0.1) is 0 Å². The second-order valence-electron chi connectivity index (χ2n) is 7.92. The lowest BCUT2D eigenvalue weighted by Gasteiger charge is -2.23. The van der Waals surface area contributed by atoms with E-state index in [-0.39, 0.29) is 18.0 Å². The normalized spacial score (nSPS) is 16.9. The maximum Gasteiger partial charge on any atom is 0.416 e. The summed E-state index contributed by atoms with van der Waals surface area (Å²) in [6.45, 7) is 0.250. The number of aromatic nitrogens is 2. The first-order valence-electron chi connectivity index (χ1n) is 10.6. The van der Waals surface area contributed by atoms with Gasteiger partial charge in [0.1, 0.15) is 12.4 Å². The summed E-state index contributed by atoms with van der Waals surface area (Å²) in [5.74, 6) is -0.446. The maximum atomic E-state index is 13.1. The van der Waals surface area contributed by atoms with Crippen LogP contribution in [0.3, 0.4) is 0 Å². The van der Waals surface area contributed by atoms with Crippen molar-refractivity contribution in [1.82, 2.24) is 19.6 Å².